The molecular formula is C45H39BF9N3. The lowest BCUT2D eigenvalue weighted by Gasteiger charge is -2.31. The Morgan fingerprint density at radius 1 is 0.362 bits per heavy atom. The molecule has 0 amide bonds. The topological polar surface area (TPSA) is 38.7 Å². The van der Waals surface area contributed by atoms with Crippen LogP contribution < -0.4 is 16.4 Å². The van der Waals surface area contributed by atoms with Gasteiger partial charge in [-0.3, -0.25) is 15.0 Å². The van der Waals surface area contributed by atoms with Crippen molar-refractivity contribution in [2.24, 2.45) is 0 Å². The van der Waals surface area contributed by atoms with Crippen LogP contribution in [0.5, 0.6) is 0 Å². The summed E-state index contributed by atoms with van der Waals surface area (Å²) >= 11 is 0. The number of pyridine rings is 3. The summed E-state index contributed by atoms with van der Waals surface area (Å²) < 4.78 is 122. The minimum Gasteiger partial charge on any atom is -0.251 e. The first-order valence-corrected chi connectivity index (χ1v) is 18.3. The van der Waals surface area contributed by atoms with Crippen molar-refractivity contribution in [3.8, 4) is 33.4 Å². The van der Waals surface area contributed by atoms with Crippen molar-refractivity contribution in [1.29, 1.82) is 0 Å². The third-order valence-corrected chi connectivity index (χ3v) is 11.0. The van der Waals surface area contributed by atoms with Crippen LogP contribution >= 0.6 is 0 Å². The molecule has 0 atom stereocenters. The molecular weight excluding hydrogens is 764 g/mol. The number of nitrogens with zero attached hydrogens (tertiary/aromatic N) is 3. The van der Waals surface area contributed by atoms with E-state index in [4.69, 9.17) is 0 Å². The van der Waals surface area contributed by atoms with E-state index in [0.29, 0.717) is 33.4 Å². The summed E-state index contributed by atoms with van der Waals surface area (Å²) in [5.41, 5.74) is 10.3. The van der Waals surface area contributed by atoms with Gasteiger partial charge >= 0.3 is 18.5 Å². The van der Waals surface area contributed by atoms with Crippen LogP contribution in [0.25, 0.3) is 33.4 Å². The molecule has 13 heteroatoms. The molecule has 0 N–H and O–H groups in total. The molecule has 0 spiro atoms. The first-order chi connectivity index (χ1) is 26.9. The molecule has 3 heterocycles. The van der Waals surface area contributed by atoms with Crippen LogP contribution in [0.1, 0.15) is 67.2 Å². The van der Waals surface area contributed by atoms with Crippen molar-refractivity contribution in [3.63, 3.8) is 0 Å². The molecule has 58 heavy (non-hydrogen) atoms. The highest BCUT2D eigenvalue weighted by Crippen LogP contribution is 2.36. The van der Waals surface area contributed by atoms with Gasteiger partial charge in [-0.2, -0.15) is 39.5 Å². The number of aromatic nitrogens is 3. The molecule has 0 saturated heterocycles. The van der Waals surface area contributed by atoms with Crippen molar-refractivity contribution in [3.05, 3.63) is 140 Å². The Morgan fingerprint density at radius 3 is 0.793 bits per heavy atom. The molecule has 6 aromatic rings. The van der Waals surface area contributed by atoms with Gasteiger partial charge in [0.1, 0.15) is 17.1 Å². The lowest BCUT2D eigenvalue weighted by Crippen LogP contribution is -2.58. The molecule has 0 aliphatic carbocycles. The van der Waals surface area contributed by atoms with Crippen molar-refractivity contribution in [2.75, 3.05) is 0 Å². The van der Waals surface area contributed by atoms with Crippen molar-refractivity contribution in [1.82, 2.24) is 15.0 Å². The number of hydrogen-bond acceptors (Lipinski definition) is 3. The SMILES string of the molecule is Cc1cc(C)c(-c2ccc(C(F)(F)F)nc2)c(C)c1B(c1c(C)cc(C)c(-c2ccc(C(F)(F)F)nc2)c1C)c1c(C)cc(C)c(-c2ccc(C(F)(F)F)nc2)c1C. The van der Waals surface area contributed by atoms with Crippen molar-refractivity contribution >= 4 is 23.1 Å². The van der Waals surface area contributed by atoms with Crippen LogP contribution in [0.4, 0.5) is 39.5 Å². The van der Waals surface area contributed by atoms with Gasteiger partial charge in [0.05, 0.1) is 0 Å². The van der Waals surface area contributed by atoms with Gasteiger partial charge in [0, 0.05) is 35.3 Å². The second-order valence-corrected chi connectivity index (χ2v) is 15.0. The monoisotopic (exact) mass is 803 g/mol. The third kappa shape index (κ3) is 7.75. The molecule has 6 rings (SSSR count). The summed E-state index contributed by atoms with van der Waals surface area (Å²) in [6, 6.07) is 13.0. The molecule has 3 aromatic carbocycles. The highest BCUT2D eigenvalue weighted by Gasteiger charge is 2.37. The van der Waals surface area contributed by atoms with Gasteiger partial charge < -0.3 is 0 Å². The van der Waals surface area contributed by atoms with Crippen molar-refractivity contribution < 1.29 is 39.5 Å². The quantitative estimate of drug-likeness (QED) is 0.124. The zero-order chi connectivity index (χ0) is 42.8. The molecule has 0 aliphatic heterocycles. The molecule has 0 radical (unpaired) electrons. The van der Waals surface area contributed by atoms with E-state index in [0.717, 1.165) is 84.7 Å². The first-order valence-electron chi connectivity index (χ1n) is 18.3. The van der Waals surface area contributed by atoms with Crippen LogP contribution in [0.15, 0.2) is 73.2 Å². The zero-order valence-electron chi connectivity index (χ0n) is 33.2. The van der Waals surface area contributed by atoms with E-state index in [2.05, 4.69) is 15.0 Å². The normalized spacial score (nSPS) is 12.3. The maximum absolute atomic E-state index is 13.6. The molecule has 0 fully saturated rings. The fourth-order valence-corrected chi connectivity index (χ4v) is 8.83. The minimum absolute atomic E-state index is 0.478. The number of hydrogen-bond donors (Lipinski definition) is 0. The van der Waals surface area contributed by atoms with Gasteiger partial charge in [0.2, 0.25) is 6.71 Å². The summed E-state index contributed by atoms with van der Waals surface area (Å²) in [6.07, 6.45) is -10.3. The zero-order valence-corrected chi connectivity index (χ0v) is 33.2. The number of aryl methyl sites for hydroxylation is 6. The largest absolute Gasteiger partial charge is 0.433 e. The van der Waals surface area contributed by atoms with E-state index in [1.807, 2.05) is 80.5 Å². The summed E-state index contributed by atoms with van der Waals surface area (Å²) in [5, 5.41) is 0. The van der Waals surface area contributed by atoms with Crippen LogP contribution in [-0.4, -0.2) is 21.7 Å². The van der Waals surface area contributed by atoms with E-state index in [1.54, 1.807) is 0 Å². The fourth-order valence-electron chi connectivity index (χ4n) is 8.83. The first kappa shape index (κ1) is 42.2. The van der Waals surface area contributed by atoms with Crippen LogP contribution in [0.2, 0.25) is 0 Å². The van der Waals surface area contributed by atoms with E-state index in [1.165, 1.54) is 36.8 Å². The number of benzene rings is 3. The molecule has 300 valence electrons. The molecule has 0 unspecified atom stereocenters. The second-order valence-electron chi connectivity index (χ2n) is 15.0. The molecule has 3 aromatic heterocycles. The van der Waals surface area contributed by atoms with Gasteiger partial charge in [0.25, 0.3) is 0 Å². The smallest absolute Gasteiger partial charge is 0.251 e. The van der Waals surface area contributed by atoms with E-state index >= 15 is 0 Å². The predicted molar refractivity (Wildman–Crippen MR) is 211 cm³/mol. The summed E-state index contributed by atoms with van der Waals surface area (Å²) in [6.45, 7) is 16.6. The highest BCUT2D eigenvalue weighted by molar-refractivity contribution is 6.97. The van der Waals surface area contributed by atoms with Gasteiger partial charge in [-0.25, -0.2) is 0 Å². The van der Waals surface area contributed by atoms with Crippen molar-refractivity contribution in [2.45, 2.75) is 80.8 Å². The Bertz CT molecular complexity index is 2250. The average Bonchev–Trinajstić information content (AvgIpc) is 3.10. The van der Waals surface area contributed by atoms with Gasteiger partial charge in [-0.05, 0) is 131 Å². The minimum atomic E-state index is -4.63. The van der Waals surface area contributed by atoms with E-state index in [-0.39, 0.29) is 0 Å². The maximum Gasteiger partial charge on any atom is 0.433 e. The highest BCUT2D eigenvalue weighted by atomic mass is 19.4. The number of rotatable bonds is 6. The third-order valence-electron chi connectivity index (χ3n) is 11.0. The Kier molecular flexibility index (Phi) is 10.9. The van der Waals surface area contributed by atoms with Crippen LogP contribution in [0.3, 0.4) is 0 Å². The Labute approximate surface area is 331 Å². The predicted octanol–water partition coefficient (Wildman–Crippen LogP) is 11.2. The Hall–Kier alpha value is -5.46. The lowest BCUT2D eigenvalue weighted by atomic mass is 9.32. The second kappa shape index (κ2) is 15.0. The van der Waals surface area contributed by atoms with E-state index in [9.17, 15) is 39.5 Å². The van der Waals surface area contributed by atoms with Crippen LogP contribution in [0, 0.1) is 62.3 Å². The maximum atomic E-state index is 13.6. The summed E-state index contributed by atoms with van der Waals surface area (Å²) in [7, 11) is 0. The fraction of sp³-hybridized carbons (Fsp3) is 0.267. The summed E-state index contributed by atoms with van der Waals surface area (Å²) in [5.74, 6) is 0. The lowest BCUT2D eigenvalue weighted by molar-refractivity contribution is -0.141. The van der Waals surface area contributed by atoms with Crippen LogP contribution in [-0.2, 0) is 18.5 Å². The standard InChI is InChI=1S/C45H39BF9N3/c1-22-16-25(4)40(28(7)37(22)31-10-13-34(56-19-31)43(47,48)49)46(41-26(5)17-23(2)38(29(41)8)32-11-14-35(57-20-32)44(50,51)52)42-27(6)18-24(3)39(30(42)9)33-12-15-36(58-21-33)45(53,54)55/h10-21H,1-9H3. The molecule has 0 saturated carbocycles. The Balaban J connectivity index is 1.71. The van der Waals surface area contributed by atoms with Gasteiger partial charge in [-0.1, -0.05) is 69.5 Å². The molecule has 0 bridgehead atoms. The summed E-state index contributed by atoms with van der Waals surface area (Å²) in [4.78, 5) is 11.3. The Morgan fingerprint density at radius 2 is 0.603 bits per heavy atom. The average molecular weight is 804 g/mol. The molecule has 3 nitrogen and oxygen atoms in total. The van der Waals surface area contributed by atoms with Gasteiger partial charge in [0.15, 0.2) is 0 Å². The number of alkyl halides is 9. The molecule has 0 aliphatic rings. The van der Waals surface area contributed by atoms with E-state index < -0.39 is 42.3 Å². The number of halogens is 9. The van der Waals surface area contributed by atoms with Gasteiger partial charge in [-0.15, -0.1) is 0 Å².